The van der Waals surface area contributed by atoms with Gasteiger partial charge in [0.05, 0.1) is 0 Å². The van der Waals surface area contributed by atoms with Gasteiger partial charge in [0.2, 0.25) is 0 Å². The van der Waals surface area contributed by atoms with Gasteiger partial charge in [-0.05, 0) is 44.4 Å². The average molecular weight is 290 g/mol. The van der Waals surface area contributed by atoms with Crippen LogP contribution in [0, 0.1) is 18.8 Å². The number of nitrogens with zero attached hydrogens (tertiary/aromatic N) is 2. The zero-order valence-electron chi connectivity index (χ0n) is 12.8. The summed E-state index contributed by atoms with van der Waals surface area (Å²) in [5.74, 6) is 3.83. The molecule has 1 aromatic heterocycles. The molecule has 0 amide bonds. The number of nitrogens with two attached hydrogens (primary N) is 1. The van der Waals surface area contributed by atoms with E-state index in [2.05, 4.69) is 15.3 Å². The first-order valence-corrected chi connectivity index (χ1v) is 8.17. The Bertz CT molecular complexity index is 501. The zero-order chi connectivity index (χ0) is 14.8. The molecule has 2 aliphatic rings. The Morgan fingerprint density at radius 1 is 1.14 bits per heavy atom. The highest BCUT2D eigenvalue weighted by Gasteiger charge is 2.28. The van der Waals surface area contributed by atoms with Crippen molar-refractivity contribution in [3.05, 3.63) is 11.4 Å². The molecule has 0 saturated heterocycles. The van der Waals surface area contributed by atoms with Crippen LogP contribution in [0.2, 0.25) is 0 Å². The van der Waals surface area contributed by atoms with Gasteiger partial charge in [0, 0.05) is 24.6 Å². The summed E-state index contributed by atoms with van der Waals surface area (Å²) in [4.78, 5) is 9.07. The van der Waals surface area contributed by atoms with E-state index in [0.29, 0.717) is 30.2 Å². The van der Waals surface area contributed by atoms with Crippen LogP contribution >= 0.6 is 0 Å². The summed E-state index contributed by atoms with van der Waals surface area (Å²) in [6.45, 7) is 3.13. The summed E-state index contributed by atoms with van der Waals surface area (Å²) >= 11 is 0. The molecule has 4 N–H and O–H groups in total. The molecule has 1 heterocycles. The smallest absolute Gasteiger partial charge is 0.136 e. The minimum absolute atomic E-state index is 0.296. The van der Waals surface area contributed by atoms with Crippen LogP contribution < -0.4 is 11.1 Å². The van der Waals surface area contributed by atoms with E-state index in [1.54, 1.807) is 0 Å². The maximum Gasteiger partial charge on any atom is 0.136 e. The standard InChI is InChI=1S/C16H26N4O/c1-10-14(17)19-16(11-6-7-11)20-15(10)18-8-12-4-2-3-5-13(12)9-21/h11-13,21H,2-9H2,1H3,(H3,17,18,19,20). The molecular formula is C16H26N4O. The summed E-state index contributed by atoms with van der Waals surface area (Å²) in [5, 5.41) is 13.0. The molecule has 0 spiro atoms. The molecule has 21 heavy (non-hydrogen) atoms. The van der Waals surface area contributed by atoms with Crippen LogP contribution in [0.4, 0.5) is 11.6 Å². The van der Waals surface area contributed by atoms with Crippen molar-refractivity contribution < 1.29 is 5.11 Å². The van der Waals surface area contributed by atoms with Gasteiger partial charge in [-0.1, -0.05) is 12.8 Å². The van der Waals surface area contributed by atoms with E-state index in [0.717, 1.165) is 30.2 Å². The van der Waals surface area contributed by atoms with Crippen LogP contribution in [0.3, 0.4) is 0 Å². The van der Waals surface area contributed by atoms with Gasteiger partial charge in [-0.2, -0.15) is 0 Å². The Balaban J connectivity index is 1.69. The number of hydrogen-bond donors (Lipinski definition) is 3. The number of aliphatic hydroxyl groups is 1. The molecule has 0 bridgehead atoms. The average Bonchev–Trinajstić information content (AvgIpc) is 3.33. The Morgan fingerprint density at radius 2 is 1.86 bits per heavy atom. The van der Waals surface area contributed by atoms with Gasteiger partial charge in [0.15, 0.2) is 0 Å². The molecule has 2 unspecified atom stereocenters. The Kier molecular flexibility index (Phi) is 4.29. The molecule has 0 radical (unpaired) electrons. The van der Waals surface area contributed by atoms with Crippen LogP contribution in [-0.4, -0.2) is 28.2 Å². The van der Waals surface area contributed by atoms with E-state index >= 15 is 0 Å². The van der Waals surface area contributed by atoms with Crippen molar-refractivity contribution in [3.63, 3.8) is 0 Å². The predicted molar refractivity (Wildman–Crippen MR) is 84.2 cm³/mol. The highest BCUT2D eigenvalue weighted by atomic mass is 16.3. The Morgan fingerprint density at radius 3 is 2.52 bits per heavy atom. The second-order valence-electron chi connectivity index (χ2n) is 6.58. The fourth-order valence-electron chi connectivity index (χ4n) is 3.27. The molecule has 5 nitrogen and oxygen atoms in total. The number of aliphatic hydroxyl groups excluding tert-OH is 1. The minimum Gasteiger partial charge on any atom is -0.396 e. The highest BCUT2D eigenvalue weighted by molar-refractivity contribution is 5.55. The topological polar surface area (TPSA) is 84.1 Å². The summed E-state index contributed by atoms with van der Waals surface area (Å²) in [6.07, 6.45) is 7.19. The van der Waals surface area contributed by atoms with Crippen molar-refractivity contribution in [2.75, 3.05) is 24.2 Å². The lowest BCUT2D eigenvalue weighted by Crippen LogP contribution is -2.29. The lowest BCUT2D eigenvalue weighted by atomic mass is 9.79. The maximum absolute atomic E-state index is 9.51. The third-order valence-electron chi connectivity index (χ3n) is 4.98. The third kappa shape index (κ3) is 3.28. The van der Waals surface area contributed by atoms with Crippen molar-refractivity contribution in [2.45, 2.75) is 51.4 Å². The fourth-order valence-corrected chi connectivity index (χ4v) is 3.27. The molecule has 0 aromatic carbocycles. The molecular weight excluding hydrogens is 264 g/mol. The summed E-state index contributed by atoms with van der Waals surface area (Å²) < 4.78 is 0. The highest BCUT2D eigenvalue weighted by Crippen LogP contribution is 2.39. The van der Waals surface area contributed by atoms with Crippen molar-refractivity contribution in [3.8, 4) is 0 Å². The number of rotatable bonds is 5. The first-order chi connectivity index (χ1) is 10.2. The minimum atomic E-state index is 0.296. The van der Waals surface area contributed by atoms with Crippen molar-refractivity contribution in [1.29, 1.82) is 0 Å². The van der Waals surface area contributed by atoms with Crippen molar-refractivity contribution in [1.82, 2.24) is 9.97 Å². The monoisotopic (exact) mass is 290 g/mol. The quantitative estimate of drug-likeness (QED) is 0.775. The number of anilines is 2. The molecule has 0 aliphatic heterocycles. The van der Waals surface area contributed by atoms with E-state index in [1.807, 2.05) is 6.92 Å². The lowest BCUT2D eigenvalue weighted by Gasteiger charge is -2.30. The fraction of sp³-hybridized carbons (Fsp3) is 0.750. The second kappa shape index (κ2) is 6.18. The van der Waals surface area contributed by atoms with Crippen LogP contribution in [0.25, 0.3) is 0 Å². The van der Waals surface area contributed by atoms with Gasteiger partial charge in [-0.3, -0.25) is 0 Å². The van der Waals surface area contributed by atoms with Crippen molar-refractivity contribution in [2.24, 2.45) is 11.8 Å². The van der Waals surface area contributed by atoms with Gasteiger partial charge >= 0.3 is 0 Å². The van der Waals surface area contributed by atoms with E-state index < -0.39 is 0 Å². The van der Waals surface area contributed by atoms with Crippen LogP contribution in [-0.2, 0) is 0 Å². The Hall–Kier alpha value is -1.36. The summed E-state index contributed by atoms with van der Waals surface area (Å²) in [6, 6.07) is 0. The lowest BCUT2D eigenvalue weighted by molar-refractivity contribution is 0.141. The van der Waals surface area contributed by atoms with E-state index in [4.69, 9.17) is 5.73 Å². The second-order valence-corrected chi connectivity index (χ2v) is 6.58. The molecule has 2 saturated carbocycles. The summed E-state index contributed by atoms with van der Waals surface area (Å²) in [7, 11) is 0. The molecule has 3 rings (SSSR count). The summed E-state index contributed by atoms with van der Waals surface area (Å²) in [5.41, 5.74) is 6.96. The van der Waals surface area contributed by atoms with E-state index in [1.165, 1.54) is 32.1 Å². The van der Waals surface area contributed by atoms with Crippen LogP contribution in [0.5, 0.6) is 0 Å². The van der Waals surface area contributed by atoms with Gasteiger partial charge < -0.3 is 16.2 Å². The largest absolute Gasteiger partial charge is 0.396 e. The number of nitrogens with one attached hydrogen (secondary N) is 1. The Labute approximate surface area is 126 Å². The normalized spacial score (nSPS) is 25.8. The van der Waals surface area contributed by atoms with E-state index in [-0.39, 0.29) is 0 Å². The van der Waals surface area contributed by atoms with Crippen LogP contribution in [0.15, 0.2) is 0 Å². The van der Waals surface area contributed by atoms with Gasteiger partial charge in [0.1, 0.15) is 17.5 Å². The molecule has 5 heteroatoms. The molecule has 2 aliphatic carbocycles. The third-order valence-corrected chi connectivity index (χ3v) is 4.98. The first-order valence-electron chi connectivity index (χ1n) is 8.17. The van der Waals surface area contributed by atoms with Gasteiger partial charge in [0.25, 0.3) is 0 Å². The van der Waals surface area contributed by atoms with Crippen molar-refractivity contribution >= 4 is 11.6 Å². The maximum atomic E-state index is 9.51. The van der Waals surface area contributed by atoms with Gasteiger partial charge in [-0.25, -0.2) is 9.97 Å². The SMILES string of the molecule is Cc1c(N)nc(C2CC2)nc1NCC1CCCCC1CO. The van der Waals surface area contributed by atoms with E-state index in [9.17, 15) is 5.11 Å². The predicted octanol–water partition coefficient (Wildman–Crippen LogP) is 2.46. The molecule has 2 fully saturated rings. The number of hydrogen-bond acceptors (Lipinski definition) is 5. The van der Waals surface area contributed by atoms with Crippen LogP contribution in [0.1, 0.15) is 55.8 Å². The zero-order valence-corrected chi connectivity index (χ0v) is 12.8. The van der Waals surface area contributed by atoms with Gasteiger partial charge in [-0.15, -0.1) is 0 Å². The first kappa shape index (κ1) is 14.6. The number of nitrogen functional groups attached to an aromatic ring is 1. The molecule has 116 valence electrons. The molecule has 2 atom stereocenters. The molecule has 1 aromatic rings. The number of aromatic nitrogens is 2.